The Balaban J connectivity index is 2.07. The van der Waals surface area contributed by atoms with Gasteiger partial charge in [-0.15, -0.1) is 0 Å². The van der Waals surface area contributed by atoms with Crippen LogP contribution in [-0.4, -0.2) is 26.9 Å². The maximum atomic E-state index is 13.3. The monoisotopic (exact) mass is 397 g/mol. The fraction of sp³-hybridized carbons (Fsp3) is 0.318. The number of unbranched alkanes of at least 4 members (excludes halogenated alkanes) is 1. The molecule has 0 bridgehead atoms. The predicted molar refractivity (Wildman–Crippen MR) is 113 cm³/mol. The molecule has 1 unspecified atom stereocenters. The zero-order chi connectivity index (χ0) is 20.3. The van der Waals surface area contributed by atoms with Crippen LogP contribution in [0.5, 0.6) is 0 Å². The average molecular weight is 398 g/mol. The molecule has 3 aromatic rings. The van der Waals surface area contributed by atoms with Crippen LogP contribution in [0.4, 0.5) is 0 Å². The number of carbonyl (C=O) groups excluding carboxylic acids is 1. The maximum Gasteiger partial charge on any atom is 0.261 e. The Morgan fingerprint density at radius 2 is 1.86 bits per heavy atom. The van der Waals surface area contributed by atoms with Gasteiger partial charge in [-0.25, -0.2) is 4.98 Å². The standard InChI is InChI=1S/C22H24ClN3O2/c1-4-5-14-26(22(28)16-10-6-8-12-18(16)23)15(2)20-24-19-13-9-7-11-17(19)21(27)25(20)3/h6-13,15H,4-5,14H2,1-3H3. The quantitative estimate of drug-likeness (QED) is 0.611. The van der Waals surface area contributed by atoms with E-state index >= 15 is 0 Å². The first-order valence-electron chi connectivity index (χ1n) is 9.46. The lowest BCUT2D eigenvalue weighted by atomic mass is 10.1. The second-order valence-electron chi connectivity index (χ2n) is 6.86. The van der Waals surface area contributed by atoms with E-state index in [0.29, 0.717) is 33.9 Å². The van der Waals surface area contributed by atoms with Gasteiger partial charge in [0.25, 0.3) is 11.5 Å². The topological polar surface area (TPSA) is 55.2 Å². The minimum Gasteiger partial charge on any atom is -0.329 e. The minimum absolute atomic E-state index is 0.118. The smallest absolute Gasteiger partial charge is 0.261 e. The fourth-order valence-corrected chi connectivity index (χ4v) is 3.55. The van der Waals surface area contributed by atoms with Gasteiger partial charge in [0.2, 0.25) is 0 Å². The van der Waals surface area contributed by atoms with Crippen LogP contribution in [0.15, 0.2) is 53.3 Å². The second kappa shape index (κ2) is 8.57. The molecule has 6 heteroatoms. The normalized spacial score (nSPS) is 12.1. The lowest BCUT2D eigenvalue weighted by Gasteiger charge is -2.30. The molecular formula is C22H24ClN3O2. The van der Waals surface area contributed by atoms with Crippen LogP contribution >= 0.6 is 11.6 Å². The number of halogens is 1. The first-order chi connectivity index (χ1) is 13.5. The van der Waals surface area contributed by atoms with Gasteiger partial charge in [0.15, 0.2) is 0 Å². The Labute approximate surface area is 169 Å². The zero-order valence-electron chi connectivity index (χ0n) is 16.4. The van der Waals surface area contributed by atoms with E-state index in [-0.39, 0.29) is 17.5 Å². The predicted octanol–water partition coefficient (Wildman–Crippen LogP) is 4.59. The van der Waals surface area contributed by atoms with E-state index in [0.717, 1.165) is 12.8 Å². The van der Waals surface area contributed by atoms with E-state index in [1.807, 2.05) is 25.1 Å². The molecule has 2 aromatic carbocycles. The Morgan fingerprint density at radius 3 is 2.57 bits per heavy atom. The summed E-state index contributed by atoms with van der Waals surface area (Å²) in [6, 6.07) is 13.9. The molecule has 146 valence electrons. The van der Waals surface area contributed by atoms with Crippen molar-refractivity contribution in [2.24, 2.45) is 7.05 Å². The molecule has 0 aliphatic carbocycles. The third-order valence-corrected chi connectivity index (χ3v) is 5.31. The number of rotatable bonds is 6. The van der Waals surface area contributed by atoms with Crippen molar-refractivity contribution in [1.29, 1.82) is 0 Å². The van der Waals surface area contributed by atoms with Crippen molar-refractivity contribution >= 4 is 28.4 Å². The molecule has 0 aliphatic rings. The Kier molecular flexibility index (Phi) is 6.15. The minimum atomic E-state index is -0.377. The SMILES string of the molecule is CCCCN(C(=O)c1ccccc1Cl)C(C)c1nc2ccccc2c(=O)n1C. The van der Waals surface area contributed by atoms with Crippen molar-refractivity contribution in [3.63, 3.8) is 0 Å². The van der Waals surface area contributed by atoms with Gasteiger partial charge in [0, 0.05) is 13.6 Å². The van der Waals surface area contributed by atoms with Gasteiger partial charge in [-0.05, 0) is 37.6 Å². The number of nitrogens with zero attached hydrogens (tertiary/aromatic N) is 3. The number of amides is 1. The van der Waals surface area contributed by atoms with Gasteiger partial charge in [0.05, 0.1) is 27.5 Å². The number of fused-ring (bicyclic) bond motifs is 1. The van der Waals surface area contributed by atoms with Crippen LogP contribution < -0.4 is 5.56 Å². The molecular weight excluding hydrogens is 374 g/mol. The van der Waals surface area contributed by atoms with Crippen LogP contribution in [0.1, 0.15) is 48.9 Å². The zero-order valence-corrected chi connectivity index (χ0v) is 17.1. The second-order valence-corrected chi connectivity index (χ2v) is 7.27. The molecule has 0 aliphatic heterocycles. The molecule has 1 amide bonds. The largest absolute Gasteiger partial charge is 0.329 e. The number of para-hydroxylation sites is 1. The lowest BCUT2D eigenvalue weighted by molar-refractivity contribution is 0.0677. The Bertz CT molecular complexity index is 1060. The van der Waals surface area contributed by atoms with Gasteiger partial charge < -0.3 is 4.90 Å². The van der Waals surface area contributed by atoms with Crippen molar-refractivity contribution in [3.05, 3.63) is 75.3 Å². The van der Waals surface area contributed by atoms with Crippen LogP contribution in [0.2, 0.25) is 5.02 Å². The average Bonchev–Trinajstić information content (AvgIpc) is 2.71. The fourth-order valence-electron chi connectivity index (χ4n) is 3.34. The molecule has 1 atom stereocenters. The van der Waals surface area contributed by atoms with Crippen molar-refractivity contribution in [2.75, 3.05) is 6.54 Å². The van der Waals surface area contributed by atoms with E-state index in [4.69, 9.17) is 16.6 Å². The molecule has 1 aromatic heterocycles. The molecule has 3 rings (SSSR count). The summed E-state index contributed by atoms with van der Waals surface area (Å²) < 4.78 is 1.53. The van der Waals surface area contributed by atoms with E-state index in [1.54, 1.807) is 42.3 Å². The van der Waals surface area contributed by atoms with Gasteiger partial charge in [-0.1, -0.05) is 49.2 Å². The molecule has 28 heavy (non-hydrogen) atoms. The third kappa shape index (κ3) is 3.80. The summed E-state index contributed by atoms with van der Waals surface area (Å²) >= 11 is 6.26. The summed E-state index contributed by atoms with van der Waals surface area (Å²) in [5.74, 6) is 0.397. The van der Waals surface area contributed by atoms with Gasteiger partial charge >= 0.3 is 0 Å². The molecule has 0 N–H and O–H groups in total. The van der Waals surface area contributed by atoms with Crippen LogP contribution in [0.3, 0.4) is 0 Å². The van der Waals surface area contributed by atoms with Gasteiger partial charge in [0.1, 0.15) is 5.82 Å². The van der Waals surface area contributed by atoms with Crippen molar-refractivity contribution in [3.8, 4) is 0 Å². The van der Waals surface area contributed by atoms with Crippen LogP contribution in [0, 0.1) is 0 Å². The first kappa shape index (κ1) is 20.1. The Morgan fingerprint density at radius 1 is 1.18 bits per heavy atom. The number of hydrogen-bond donors (Lipinski definition) is 0. The summed E-state index contributed by atoms with van der Waals surface area (Å²) in [4.78, 5) is 32.5. The van der Waals surface area contributed by atoms with Gasteiger partial charge in [-0.3, -0.25) is 14.2 Å². The van der Waals surface area contributed by atoms with E-state index in [2.05, 4.69) is 6.92 Å². The molecule has 0 fully saturated rings. The highest BCUT2D eigenvalue weighted by molar-refractivity contribution is 6.33. The summed E-state index contributed by atoms with van der Waals surface area (Å²) in [6.45, 7) is 4.54. The van der Waals surface area contributed by atoms with E-state index in [1.165, 1.54) is 4.57 Å². The van der Waals surface area contributed by atoms with E-state index < -0.39 is 0 Å². The lowest BCUT2D eigenvalue weighted by Crippen LogP contribution is -2.38. The first-order valence-corrected chi connectivity index (χ1v) is 9.84. The molecule has 0 spiro atoms. The number of carbonyl (C=O) groups is 1. The highest BCUT2D eigenvalue weighted by Gasteiger charge is 2.27. The van der Waals surface area contributed by atoms with Crippen LogP contribution in [-0.2, 0) is 7.05 Å². The Hall–Kier alpha value is -2.66. The number of hydrogen-bond acceptors (Lipinski definition) is 3. The highest BCUT2D eigenvalue weighted by Crippen LogP contribution is 2.25. The van der Waals surface area contributed by atoms with Gasteiger partial charge in [-0.2, -0.15) is 0 Å². The summed E-state index contributed by atoms with van der Waals surface area (Å²) in [5.41, 5.74) is 0.971. The molecule has 0 saturated heterocycles. The number of aromatic nitrogens is 2. The van der Waals surface area contributed by atoms with Crippen LogP contribution in [0.25, 0.3) is 10.9 Å². The van der Waals surface area contributed by atoms with Crippen molar-refractivity contribution in [1.82, 2.24) is 14.5 Å². The summed E-state index contributed by atoms with van der Waals surface area (Å²) in [6.07, 6.45) is 1.80. The summed E-state index contributed by atoms with van der Waals surface area (Å²) in [7, 11) is 1.70. The van der Waals surface area contributed by atoms with Crippen molar-refractivity contribution < 1.29 is 4.79 Å². The molecule has 0 saturated carbocycles. The third-order valence-electron chi connectivity index (χ3n) is 4.98. The molecule has 1 heterocycles. The van der Waals surface area contributed by atoms with E-state index in [9.17, 15) is 9.59 Å². The molecule has 5 nitrogen and oxygen atoms in total. The maximum absolute atomic E-state index is 13.3. The highest BCUT2D eigenvalue weighted by atomic mass is 35.5. The van der Waals surface area contributed by atoms with Crippen molar-refractivity contribution in [2.45, 2.75) is 32.7 Å². The number of benzene rings is 2. The molecule has 0 radical (unpaired) electrons. The summed E-state index contributed by atoms with van der Waals surface area (Å²) in [5, 5.41) is 0.986.